The molecule has 4 aromatic rings. The van der Waals surface area contributed by atoms with Crippen LogP contribution in [0.15, 0.2) is 77.4 Å². The molecular weight excluding hydrogens is 438 g/mol. The molecular formula is C25H24ClN5O2. The smallest absolute Gasteiger partial charge is 0.274 e. The number of carbonyl (C=O) groups is 1. The Labute approximate surface area is 197 Å². The molecule has 168 valence electrons. The fourth-order valence-corrected chi connectivity index (χ4v) is 4.16. The summed E-state index contributed by atoms with van der Waals surface area (Å²) in [5.74, 6) is 0.949. The number of carbonyl (C=O) groups excluding carboxylic acids is 1. The first-order valence-electron chi connectivity index (χ1n) is 10.9. The van der Waals surface area contributed by atoms with E-state index in [4.69, 9.17) is 16.1 Å². The minimum Gasteiger partial charge on any atom is -0.339 e. The fraction of sp³-hybridized carbons (Fsp3) is 0.240. The molecule has 5 rings (SSSR count). The molecule has 0 N–H and O–H groups in total. The Balaban J connectivity index is 1.21. The summed E-state index contributed by atoms with van der Waals surface area (Å²) in [6, 6.07) is 21.5. The molecule has 1 aliphatic heterocycles. The van der Waals surface area contributed by atoms with E-state index >= 15 is 0 Å². The van der Waals surface area contributed by atoms with Crippen LogP contribution >= 0.6 is 11.6 Å². The minimum absolute atomic E-state index is 0.0873. The van der Waals surface area contributed by atoms with Crippen LogP contribution in [0.5, 0.6) is 0 Å². The van der Waals surface area contributed by atoms with Gasteiger partial charge < -0.3 is 14.0 Å². The third-order valence-corrected chi connectivity index (χ3v) is 6.11. The SMILES string of the molecule is O=C(Cn1cccc1-c1nc(-c2ccc(Cl)cc2)no1)N1CCN(Cc2ccccc2)CC1. The number of piperazine rings is 1. The van der Waals surface area contributed by atoms with Gasteiger partial charge in [-0.3, -0.25) is 9.69 Å². The Morgan fingerprint density at radius 1 is 0.939 bits per heavy atom. The van der Waals surface area contributed by atoms with Crippen LogP contribution in [0.2, 0.25) is 5.02 Å². The number of amides is 1. The average molecular weight is 462 g/mol. The Morgan fingerprint density at radius 3 is 2.45 bits per heavy atom. The fourth-order valence-electron chi connectivity index (χ4n) is 4.03. The van der Waals surface area contributed by atoms with E-state index in [1.807, 2.05) is 46.0 Å². The van der Waals surface area contributed by atoms with Gasteiger partial charge in [-0.2, -0.15) is 4.98 Å². The van der Waals surface area contributed by atoms with Gasteiger partial charge >= 0.3 is 0 Å². The highest BCUT2D eigenvalue weighted by Crippen LogP contribution is 2.24. The Bertz CT molecular complexity index is 1210. The van der Waals surface area contributed by atoms with Crippen LogP contribution in [0.25, 0.3) is 23.0 Å². The van der Waals surface area contributed by atoms with E-state index in [2.05, 4.69) is 39.3 Å². The van der Waals surface area contributed by atoms with Crippen molar-refractivity contribution in [2.45, 2.75) is 13.1 Å². The van der Waals surface area contributed by atoms with Crippen molar-refractivity contribution in [3.63, 3.8) is 0 Å². The monoisotopic (exact) mass is 461 g/mol. The average Bonchev–Trinajstić information content (AvgIpc) is 3.50. The van der Waals surface area contributed by atoms with Crippen LogP contribution in [0.1, 0.15) is 5.56 Å². The molecule has 8 heteroatoms. The van der Waals surface area contributed by atoms with Gasteiger partial charge in [-0.1, -0.05) is 47.1 Å². The third-order valence-electron chi connectivity index (χ3n) is 5.86. The maximum absolute atomic E-state index is 13.0. The van der Waals surface area contributed by atoms with Gasteiger partial charge in [-0.25, -0.2) is 0 Å². The van der Waals surface area contributed by atoms with E-state index in [0.29, 0.717) is 16.7 Å². The van der Waals surface area contributed by atoms with E-state index < -0.39 is 0 Å². The van der Waals surface area contributed by atoms with Gasteiger partial charge in [0, 0.05) is 49.5 Å². The number of halogens is 1. The second-order valence-electron chi connectivity index (χ2n) is 8.09. The standard InChI is InChI=1S/C25H24ClN5O2/c26-21-10-8-20(9-11-21)24-27-25(33-28-24)22-7-4-12-31(22)18-23(32)30-15-13-29(14-16-30)17-19-5-2-1-3-6-19/h1-12H,13-18H2. The molecule has 0 atom stereocenters. The van der Waals surface area contributed by atoms with Crippen molar-refractivity contribution >= 4 is 17.5 Å². The van der Waals surface area contributed by atoms with E-state index in [0.717, 1.165) is 44.0 Å². The number of hydrogen-bond acceptors (Lipinski definition) is 5. The van der Waals surface area contributed by atoms with Gasteiger partial charge in [0.15, 0.2) is 0 Å². The first kappa shape index (κ1) is 21.4. The number of hydrogen-bond donors (Lipinski definition) is 0. The highest BCUT2D eigenvalue weighted by molar-refractivity contribution is 6.30. The molecule has 3 heterocycles. The maximum Gasteiger partial charge on any atom is 0.274 e. The minimum atomic E-state index is 0.0873. The molecule has 7 nitrogen and oxygen atoms in total. The second kappa shape index (κ2) is 9.60. The van der Waals surface area contributed by atoms with E-state index in [1.54, 1.807) is 12.1 Å². The molecule has 2 aromatic carbocycles. The molecule has 1 amide bonds. The van der Waals surface area contributed by atoms with Crippen LogP contribution in [-0.4, -0.2) is 56.6 Å². The lowest BCUT2D eigenvalue weighted by molar-refractivity contribution is -0.133. The maximum atomic E-state index is 13.0. The first-order valence-corrected chi connectivity index (χ1v) is 11.3. The predicted octanol–water partition coefficient (Wildman–Crippen LogP) is 4.20. The first-order chi connectivity index (χ1) is 16.2. The summed E-state index contributed by atoms with van der Waals surface area (Å²) in [5.41, 5.74) is 2.84. The Hall–Kier alpha value is -3.42. The molecule has 0 saturated carbocycles. The van der Waals surface area contributed by atoms with Crippen molar-refractivity contribution in [1.29, 1.82) is 0 Å². The molecule has 2 aromatic heterocycles. The zero-order valence-corrected chi connectivity index (χ0v) is 18.9. The Morgan fingerprint density at radius 2 is 1.70 bits per heavy atom. The number of nitrogens with zero attached hydrogens (tertiary/aromatic N) is 5. The lowest BCUT2D eigenvalue weighted by atomic mass is 10.2. The molecule has 0 aliphatic carbocycles. The van der Waals surface area contributed by atoms with Crippen molar-refractivity contribution in [3.8, 4) is 23.0 Å². The van der Waals surface area contributed by atoms with Crippen LogP contribution in [-0.2, 0) is 17.9 Å². The van der Waals surface area contributed by atoms with Crippen molar-refractivity contribution in [2.24, 2.45) is 0 Å². The summed E-state index contributed by atoms with van der Waals surface area (Å²) < 4.78 is 7.34. The summed E-state index contributed by atoms with van der Waals surface area (Å²) >= 11 is 5.96. The van der Waals surface area contributed by atoms with E-state index in [1.165, 1.54) is 5.56 Å². The van der Waals surface area contributed by atoms with Gasteiger partial charge in [0.1, 0.15) is 12.2 Å². The number of rotatable bonds is 6. The van der Waals surface area contributed by atoms with Crippen molar-refractivity contribution in [2.75, 3.05) is 26.2 Å². The van der Waals surface area contributed by atoms with Crippen LogP contribution in [0.4, 0.5) is 0 Å². The van der Waals surface area contributed by atoms with Crippen molar-refractivity contribution < 1.29 is 9.32 Å². The highest BCUT2D eigenvalue weighted by Gasteiger charge is 2.23. The molecule has 33 heavy (non-hydrogen) atoms. The molecule has 1 saturated heterocycles. The largest absolute Gasteiger partial charge is 0.339 e. The summed E-state index contributed by atoms with van der Waals surface area (Å²) in [4.78, 5) is 21.8. The summed E-state index contributed by atoms with van der Waals surface area (Å²) in [6.45, 7) is 4.34. The molecule has 0 unspecified atom stereocenters. The summed E-state index contributed by atoms with van der Waals surface area (Å²) in [7, 11) is 0. The zero-order chi connectivity index (χ0) is 22.6. The summed E-state index contributed by atoms with van der Waals surface area (Å²) in [5, 5.41) is 4.73. The van der Waals surface area contributed by atoms with Gasteiger partial charge in [-0.15, -0.1) is 0 Å². The van der Waals surface area contributed by atoms with E-state index in [9.17, 15) is 4.79 Å². The van der Waals surface area contributed by atoms with Crippen LogP contribution < -0.4 is 0 Å². The van der Waals surface area contributed by atoms with Gasteiger partial charge in [0.25, 0.3) is 5.89 Å². The van der Waals surface area contributed by atoms with Gasteiger partial charge in [0.05, 0.1) is 0 Å². The van der Waals surface area contributed by atoms with Gasteiger partial charge in [0.2, 0.25) is 11.7 Å². The van der Waals surface area contributed by atoms with E-state index in [-0.39, 0.29) is 12.5 Å². The topological polar surface area (TPSA) is 67.4 Å². The molecule has 0 spiro atoms. The summed E-state index contributed by atoms with van der Waals surface area (Å²) in [6.07, 6.45) is 1.87. The number of benzene rings is 2. The van der Waals surface area contributed by atoms with Crippen LogP contribution in [0.3, 0.4) is 0 Å². The predicted molar refractivity (Wildman–Crippen MR) is 126 cm³/mol. The lowest BCUT2D eigenvalue weighted by Gasteiger charge is -2.35. The van der Waals surface area contributed by atoms with Gasteiger partial charge in [-0.05, 0) is 42.0 Å². The van der Waals surface area contributed by atoms with Crippen molar-refractivity contribution in [3.05, 3.63) is 83.5 Å². The molecule has 1 fully saturated rings. The molecule has 1 aliphatic rings. The number of aromatic nitrogens is 3. The second-order valence-corrected chi connectivity index (χ2v) is 8.53. The highest BCUT2D eigenvalue weighted by atomic mass is 35.5. The molecule has 0 radical (unpaired) electrons. The van der Waals surface area contributed by atoms with Crippen molar-refractivity contribution in [1.82, 2.24) is 24.5 Å². The third kappa shape index (κ3) is 4.99. The molecule has 0 bridgehead atoms. The quantitative estimate of drug-likeness (QED) is 0.430. The Kier molecular flexibility index (Phi) is 6.24. The zero-order valence-electron chi connectivity index (χ0n) is 18.1. The lowest BCUT2D eigenvalue weighted by Crippen LogP contribution is -2.49. The van der Waals surface area contributed by atoms with Crippen LogP contribution in [0, 0.1) is 0 Å². The normalized spacial score (nSPS) is 14.5.